The Kier molecular flexibility index (Phi) is 3.71. The third-order valence-electron chi connectivity index (χ3n) is 2.47. The molecule has 0 fully saturated rings. The average molecular weight is 223 g/mol. The van der Waals surface area contributed by atoms with Crippen molar-refractivity contribution in [1.29, 1.82) is 0 Å². The number of carbonyl (C=O) groups excluding carboxylic acids is 1. The first-order chi connectivity index (χ1) is 7.52. The molecule has 16 heavy (non-hydrogen) atoms. The molecule has 3 N–H and O–H groups in total. The quantitative estimate of drug-likeness (QED) is 0.352. The number of aromatic nitrogens is 1. The number of hydrogen-bond acceptors (Lipinski definition) is 4. The van der Waals surface area contributed by atoms with Gasteiger partial charge in [0, 0.05) is 11.3 Å². The molecule has 0 amide bonds. The lowest BCUT2D eigenvalue weighted by atomic mass is 10.1. The number of nitrogens with two attached hydrogens (primary N) is 1. The molecule has 1 rings (SSSR count). The van der Waals surface area contributed by atoms with Crippen molar-refractivity contribution in [2.75, 3.05) is 6.61 Å². The summed E-state index contributed by atoms with van der Waals surface area (Å²) < 4.78 is 4.95. The monoisotopic (exact) mass is 223 g/mol. The van der Waals surface area contributed by atoms with Gasteiger partial charge in [-0.15, -0.1) is 0 Å². The molecule has 0 bridgehead atoms. The van der Waals surface area contributed by atoms with Gasteiger partial charge in [-0.2, -0.15) is 5.10 Å². The standard InChI is InChI=1S/C11H17N3O2/c1-5-16-11(15)10-6(2)9(7(3)13-10)8(4)14-12/h13H,5,12H2,1-4H3. The number of ether oxygens (including phenoxy) is 1. The Labute approximate surface area is 94.7 Å². The molecule has 5 nitrogen and oxygen atoms in total. The number of hydrazone groups is 1. The Hall–Kier alpha value is -1.78. The van der Waals surface area contributed by atoms with Crippen LogP contribution in [0.5, 0.6) is 0 Å². The van der Waals surface area contributed by atoms with Crippen LogP contribution >= 0.6 is 0 Å². The number of aryl methyl sites for hydroxylation is 1. The summed E-state index contributed by atoms with van der Waals surface area (Å²) in [5.74, 6) is 4.90. The molecule has 0 unspecified atom stereocenters. The topological polar surface area (TPSA) is 80.5 Å². The van der Waals surface area contributed by atoms with Crippen molar-refractivity contribution in [2.45, 2.75) is 27.7 Å². The average Bonchev–Trinajstić information content (AvgIpc) is 2.54. The van der Waals surface area contributed by atoms with E-state index in [-0.39, 0.29) is 5.97 Å². The molecule has 0 radical (unpaired) electrons. The second-order valence-corrected chi connectivity index (χ2v) is 3.56. The maximum absolute atomic E-state index is 11.6. The Bertz CT molecular complexity index is 433. The normalized spacial score (nSPS) is 11.6. The minimum atomic E-state index is -0.348. The van der Waals surface area contributed by atoms with Crippen molar-refractivity contribution in [2.24, 2.45) is 10.9 Å². The van der Waals surface area contributed by atoms with Gasteiger partial charge in [0.2, 0.25) is 0 Å². The molecule has 1 heterocycles. The van der Waals surface area contributed by atoms with Gasteiger partial charge in [-0.05, 0) is 33.3 Å². The lowest BCUT2D eigenvalue weighted by Crippen LogP contribution is -2.07. The van der Waals surface area contributed by atoms with Gasteiger partial charge in [-0.1, -0.05) is 0 Å². The van der Waals surface area contributed by atoms with Gasteiger partial charge in [0.05, 0.1) is 12.3 Å². The summed E-state index contributed by atoms with van der Waals surface area (Å²) in [6.45, 7) is 7.66. The van der Waals surface area contributed by atoms with E-state index in [0.29, 0.717) is 18.0 Å². The van der Waals surface area contributed by atoms with E-state index >= 15 is 0 Å². The lowest BCUT2D eigenvalue weighted by molar-refractivity contribution is 0.0519. The van der Waals surface area contributed by atoms with Crippen LogP contribution in [0.3, 0.4) is 0 Å². The van der Waals surface area contributed by atoms with Crippen molar-refractivity contribution >= 4 is 11.7 Å². The Morgan fingerprint density at radius 2 is 2.12 bits per heavy atom. The molecule has 0 aliphatic heterocycles. The van der Waals surface area contributed by atoms with Crippen LogP contribution in [-0.2, 0) is 4.74 Å². The van der Waals surface area contributed by atoms with Crippen LogP contribution in [0.25, 0.3) is 0 Å². The third-order valence-corrected chi connectivity index (χ3v) is 2.47. The second-order valence-electron chi connectivity index (χ2n) is 3.56. The zero-order valence-electron chi connectivity index (χ0n) is 10.0. The third kappa shape index (κ3) is 2.08. The number of esters is 1. The summed E-state index contributed by atoms with van der Waals surface area (Å²) in [4.78, 5) is 14.6. The van der Waals surface area contributed by atoms with Crippen molar-refractivity contribution in [3.8, 4) is 0 Å². The molecular formula is C11H17N3O2. The number of H-pyrrole nitrogens is 1. The minimum Gasteiger partial charge on any atom is -0.461 e. The number of hydrogen-bond donors (Lipinski definition) is 2. The molecule has 0 aromatic carbocycles. The highest BCUT2D eigenvalue weighted by molar-refractivity contribution is 6.04. The fraction of sp³-hybridized carbons (Fsp3) is 0.455. The second kappa shape index (κ2) is 4.83. The predicted molar refractivity (Wildman–Crippen MR) is 62.6 cm³/mol. The smallest absolute Gasteiger partial charge is 0.355 e. The van der Waals surface area contributed by atoms with Crippen molar-refractivity contribution < 1.29 is 9.53 Å². The highest BCUT2D eigenvalue weighted by Crippen LogP contribution is 2.19. The SMILES string of the molecule is CCOC(=O)c1[nH]c(C)c(C(C)=NN)c1C. The predicted octanol–water partition coefficient (Wildman–Crippen LogP) is 1.49. The van der Waals surface area contributed by atoms with Gasteiger partial charge in [0.1, 0.15) is 5.69 Å². The molecule has 1 aromatic heterocycles. The Morgan fingerprint density at radius 3 is 2.62 bits per heavy atom. The van der Waals surface area contributed by atoms with Crippen molar-refractivity contribution in [1.82, 2.24) is 4.98 Å². The first-order valence-corrected chi connectivity index (χ1v) is 5.14. The summed E-state index contributed by atoms with van der Waals surface area (Å²) in [6.07, 6.45) is 0. The van der Waals surface area contributed by atoms with Gasteiger partial charge >= 0.3 is 5.97 Å². The van der Waals surface area contributed by atoms with Gasteiger partial charge in [0.25, 0.3) is 0 Å². The zero-order chi connectivity index (χ0) is 12.3. The van der Waals surface area contributed by atoms with E-state index in [0.717, 1.165) is 16.8 Å². The van der Waals surface area contributed by atoms with Crippen LogP contribution in [0, 0.1) is 13.8 Å². The molecule has 0 atom stereocenters. The number of rotatable bonds is 3. The number of nitrogens with one attached hydrogen (secondary N) is 1. The molecular weight excluding hydrogens is 206 g/mol. The largest absolute Gasteiger partial charge is 0.461 e. The first kappa shape index (κ1) is 12.3. The van der Waals surface area contributed by atoms with Gasteiger partial charge in [0.15, 0.2) is 0 Å². The van der Waals surface area contributed by atoms with Crippen molar-refractivity contribution in [3.63, 3.8) is 0 Å². The molecule has 0 saturated heterocycles. The van der Waals surface area contributed by atoms with E-state index in [2.05, 4.69) is 10.1 Å². The van der Waals surface area contributed by atoms with Gasteiger partial charge in [-0.25, -0.2) is 4.79 Å². The van der Waals surface area contributed by atoms with Crippen LogP contribution in [0.2, 0.25) is 0 Å². The molecule has 0 spiro atoms. The fourth-order valence-electron chi connectivity index (χ4n) is 1.76. The summed E-state index contributed by atoms with van der Waals surface area (Å²) >= 11 is 0. The van der Waals surface area contributed by atoms with Crippen molar-refractivity contribution in [3.05, 3.63) is 22.5 Å². The summed E-state index contributed by atoms with van der Waals surface area (Å²) in [6, 6.07) is 0. The molecule has 1 aromatic rings. The van der Waals surface area contributed by atoms with E-state index in [1.165, 1.54) is 0 Å². The van der Waals surface area contributed by atoms with E-state index in [1.54, 1.807) is 13.8 Å². The van der Waals surface area contributed by atoms with Gasteiger partial charge < -0.3 is 15.6 Å². The summed E-state index contributed by atoms with van der Waals surface area (Å²) in [5, 5.41) is 3.64. The number of carbonyl (C=O) groups is 1. The molecule has 88 valence electrons. The fourth-order valence-corrected chi connectivity index (χ4v) is 1.76. The molecule has 5 heteroatoms. The first-order valence-electron chi connectivity index (χ1n) is 5.14. The van der Waals surface area contributed by atoms with Crippen LogP contribution in [-0.4, -0.2) is 23.3 Å². The number of nitrogens with zero attached hydrogens (tertiary/aromatic N) is 1. The summed E-state index contributed by atoms with van der Waals surface area (Å²) in [5.41, 5.74) is 3.74. The van der Waals surface area contributed by atoms with Crippen LogP contribution in [0.4, 0.5) is 0 Å². The zero-order valence-corrected chi connectivity index (χ0v) is 10.0. The van der Waals surface area contributed by atoms with Gasteiger partial charge in [-0.3, -0.25) is 0 Å². The molecule has 0 aliphatic carbocycles. The van der Waals surface area contributed by atoms with E-state index in [9.17, 15) is 4.79 Å². The van der Waals surface area contributed by atoms with Crippen LogP contribution in [0.1, 0.15) is 41.2 Å². The maximum Gasteiger partial charge on any atom is 0.355 e. The maximum atomic E-state index is 11.6. The van der Waals surface area contributed by atoms with Crippen LogP contribution < -0.4 is 5.84 Å². The molecule has 0 saturated carbocycles. The van der Waals surface area contributed by atoms with E-state index in [1.807, 2.05) is 13.8 Å². The Balaban J connectivity index is 3.21. The summed E-state index contributed by atoms with van der Waals surface area (Å²) in [7, 11) is 0. The molecule has 0 aliphatic rings. The minimum absolute atomic E-state index is 0.348. The highest BCUT2D eigenvalue weighted by Gasteiger charge is 2.19. The van der Waals surface area contributed by atoms with Crippen LogP contribution in [0.15, 0.2) is 5.10 Å². The Morgan fingerprint density at radius 1 is 1.50 bits per heavy atom. The van der Waals surface area contributed by atoms with E-state index < -0.39 is 0 Å². The number of aromatic amines is 1. The highest BCUT2D eigenvalue weighted by atomic mass is 16.5. The van der Waals surface area contributed by atoms with E-state index in [4.69, 9.17) is 10.6 Å². The lowest BCUT2D eigenvalue weighted by Gasteiger charge is -2.01.